The van der Waals surface area contributed by atoms with Crippen LogP contribution in [-0.2, 0) is 13.1 Å². The van der Waals surface area contributed by atoms with E-state index in [4.69, 9.17) is 4.74 Å². The summed E-state index contributed by atoms with van der Waals surface area (Å²) in [5.74, 6) is 0.698. The molecule has 0 atom stereocenters. The first-order chi connectivity index (χ1) is 13.2. The number of piperidine rings is 1. The Morgan fingerprint density at radius 1 is 1.04 bits per heavy atom. The third-order valence-electron chi connectivity index (χ3n) is 5.45. The van der Waals surface area contributed by atoms with Gasteiger partial charge in [0.25, 0.3) is 0 Å². The molecule has 0 aliphatic carbocycles. The van der Waals surface area contributed by atoms with Crippen LogP contribution in [0.15, 0.2) is 42.7 Å². The molecule has 0 bridgehead atoms. The molecular weight excluding hydrogens is 350 g/mol. The Bertz CT molecular complexity index is 774. The van der Waals surface area contributed by atoms with Crippen LogP contribution in [0.3, 0.4) is 0 Å². The molecule has 0 radical (unpaired) electrons. The van der Waals surface area contributed by atoms with Crippen molar-refractivity contribution >= 4 is 0 Å². The minimum Gasteiger partial charge on any atom is -0.504 e. The van der Waals surface area contributed by atoms with Crippen LogP contribution < -0.4 is 10.1 Å². The van der Waals surface area contributed by atoms with Crippen molar-refractivity contribution in [2.24, 2.45) is 0 Å². The minimum absolute atomic E-state index is 0.0789. The normalized spacial score (nSPS) is 18.9. The predicted molar refractivity (Wildman–Crippen MR) is 112 cm³/mol. The zero-order chi connectivity index (χ0) is 20.4. The highest BCUT2D eigenvalue weighted by molar-refractivity contribution is 5.41. The first-order valence-corrected chi connectivity index (χ1v) is 9.96. The molecule has 1 fully saturated rings. The van der Waals surface area contributed by atoms with Gasteiger partial charge < -0.3 is 15.2 Å². The molecule has 0 saturated carbocycles. The Labute approximate surface area is 168 Å². The zero-order valence-corrected chi connectivity index (χ0v) is 17.7. The molecule has 5 heteroatoms. The van der Waals surface area contributed by atoms with E-state index < -0.39 is 0 Å². The van der Waals surface area contributed by atoms with Gasteiger partial charge in [0.1, 0.15) is 0 Å². The lowest BCUT2D eigenvalue weighted by Gasteiger charge is -2.49. The summed E-state index contributed by atoms with van der Waals surface area (Å²) in [7, 11) is 1.59. The summed E-state index contributed by atoms with van der Waals surface area (Å²) >= 11 is 0. The Morgan fingerprint density at radius 2 is 1.64 bits per heavy atom. The molecule has 28 heavy (non-hydrogen) atoms. The number of nitrogens with one attached hydrogen (secondary N) is 1. The average Bonchev–Trinajstić information content (AvgIpc) is 2.61. The number of hydrogen-bond acceptors (Lipinski definition) is 5. The monoisotopic (exact) mass is 383 g/mol. The summed E-state index contributed by atoms with van der Waals surface area (Å²) in [6, 6.07) is 10.2. The molecular formula is C23H33N3O2. The highest BCUT2D eigenvalue weighted by Crippen LogP contribution is 2.34. The van der Waals surface area contributed by atoms with E-state index in [2.05, 4.69) is 55.0 Å². The van der Waals surface area contributed by atoms with Crippen LogP contribution in [0, 0.1) is 0 Å². The number of aromatic nitrogens is 1. The number of hydrogen-bond donors (Lipinski definition) is 2. The van der Waals surface area contributed by atoms with E-state index in [1.807, 2.05) is 24.5 Å². The highest BCUT2D eigenvalue weighted by Gasteiger charge is 2.39. The summed E-state index contributed by atoms with van der Waals surface area (Å²) in [6.07, 6.45) is 5.87. The summed E-state index contributed by atoms with van der Waals surface area (Å²) in [5, 5.41) is 13.7. The summed E-state index contributed by atoms with van der Waals surface area (Å²) in [4.78, 5) is 6.70. The molecule has 1 aromatic heterocycles. The fourth-order valence-corrected chi connectivity index (χ4v) is 4.62. The first kappa shape index (κ1) is 20.6. The van der Waals surface area contributed by atoms with Crippen molar-refractivity contribution in [1.82, 2.24) is 15.2 Å². The lowest BCUT2D eigenvalue weighted by Crippen LogP contribution is -2.62. The molecule has 0 spiro atoms. The van der Waals surface area contributed by atoms with Crippen LogP contribution in [0.1, 0.15) is 51.7 Å². The van der Waals surface area contributed by atoms with Crippen molar-refractivity contribution in [3.05, 3.63) is 53.9 Å². The van der Waals surface area contributed by atoms with Gasteiger partial charge in [-0.1, -0.05) is 6.07 Å². The Kier molecular flexibility index (Phi) is 5.96. The van der Waals surface area contributed by atoms with Gasteiger partial charge in [0.15, 0.2) is 11.5 Å². The van der Waals surface area contributed by atoms with E-state index in [1.54, 1.807) is 13.2 Å². The van der Waals surface area contributed by atoms with Crippen molar-refractivity contribution in [2.75, 3.05) is 7.11 Å². The second-order valence-electron chi connectivity index (χ2n) is 9.22. The topological polar surface area (TPSA) is 57.6 Å². The highest BCUT2D eigenvalue weighted by atomic mass is 16.5. The lowest BCUT2D eigenvalue weighted by molar-refractivity contribution is 0.0563. The molecule has 1 aromatic carbocycles. The summed E-state index contributed by atoms with van der Waals surface area (Å²) in [5.41, 5.74) is 2.55. The van der Waals surface area contributed by atoms with Crippen molar-refractivity contribution in [2.45, 2.75) is 70.7 Å². The van der Waals surface area contributed by atoms with Gasteiger partial charge in [-0.05, 0) is 75.9 Å². The van der Waals surface area contributed by atoms with Gasteiger partial charge in [-0.3, -0.25) is 9.88 Å². The van der Waals surface area contributed by atoms with Crippen LogP contribution >= 0.6 is 0 Å². The van der Waals surface area contributed by atoms with Crippen LogP contribution in [-0.4, -0.2) is 39.2 Å². The van der Waals surface area contributed by atoms with Gasteiger partial charge in [0.05, 0.1) is 7.11 Å². The summed E-state index contributed by atoms with van der Waals surface area (Å²) < 4.78 is 5.31. The van der Waals surface area contributed by atoms with Crippen molar-refractivity contribution in [3.8, 4) is 11.5 Å². The van der Waals surface area contributed by atoms with Crippen molar-refractivity contribution < 1.29 is 9.84 Å². The van der Waals surface area contributed by atoms with E-state index in [-0.39, 0.29) is 16.8 Å². The van der Waals surface area contributed by atoms with Crippen LogP contribution in [0.2, 0.25) is 0 Å². The van der Waals surface area contributed by atoms with E-state index in [9.17, 15) is 5.11 Å². The standard InChI is InChI=1S/C23H33N3O2/c1-22(2)13-19(14-23(3,4)25-22)26(15-17-8-10-24-11-9-17)16-18-6-7-20(27)21(12-18)28-5/h6-12,19,25,27H,13-16H2,1-5H3. The van der Waals surface area contributed by atoms with Crippen LogP contribution in [0.25, 0.3) is 0 Å². The van der Waals surface area contributed by atoms with Crippen LogP contribution in [0.5, 0.6) is 11.5 Å². The Balaban J connectivity index is 1.88. The first-order valence-electron chi connectivity index (χ1n) is 9.96. The third kappa shape index (κ3) is 5.24. The smallest absolute Gasteiger partial charge is 0.160 e. The number of aromatic hydroxyl groups is 1. The fourth-order valence-electron chi connectivity index (χ4n) is 4.62. The van der Waals surface area contributed by atoms with Crippen molar-refractivity contribution in [3.63, 3.8) is 0 Å². The number of phenolic OH excluding ortho intramolecular Hbond substituents is 1. The Morgan fingerprint density at radius 3 is 2.25 bits per heavy atom. The molecule has 1 aliphatic rings. The molecule has 1 saturated heterocycles. The molecule has 0 amide bonds. The number of nitrogens with zero attached hydrogens (tertiary/aromatic N) is 2. The van der Waals surface area contributed by atoms with Gasteiger partial charge in [-0.2, -0.15) is 0 Å². The fraction of sp³-hybridized carbons (Fsp3) is 0.522. The zero-order valence-electron chi connectivity index (χ0n) is 17.7. The van der Waals surface area contributed by atoms with E-state index in [0.717, 1.165) is 31.5 Å². The molecule has 3 rings (SSSR count). The molecule has 5 nitrogen and oxygen atoms in total. The molecule has 2 N–H and O–H groups in total. The molecule has 2 heterocycles. The SMILES string of the molecule is COc1cc(CN(Cc2ccncc2)C2CC(C)(C)NC(C)(C)C2)ccc1O. The number of benzene rings is 1. The van der Waals surface area contributed by atoms with Crippen molar-refractivity contribution in [1.29, 1.82) is 0 Å². The van der Waals surface area contributed by atoms with Gasteiger partial charge >= 0.3 is 0 Å². The second-order valence-corrected chi connectivity index (χ2v) is 9.22. The number of ether oxygens (including phenoxy) is 1. The molecule has 152 valence electrons. The average molecular weight is 384 g/mol. The minimum atomic E-state index is 0.0789. The van der Waals surface area contributed by atoms with Crippen LogP contribution in [0.4, 0.5) is 0 Å². The second kappa shape index (κ2) is 8.10. The third-order valence-corrected chi connectivity index (χ3v) is 5.45. The Hall–Kier alpha value is -2.11. The molecule has 1 aliphatic heterocycles. The molecule has 2 aromatic rings. The van der Waals surface area contributed by atoms with E-state index in [1.165, 1.54) is 5.56 Å². The maximum atomic E-state index is 9.94. The van der Waals surface area contributed by atoms with Gasteiger partial charge in [0, 0.05) is 42.6 Å². The quantitative estimate of drug-likeness (QED) is 0.786. The number of methoxy groups -OCH3 is 1. The van der Waals surface area contributed by atoms with Gasteiger partial charge in [0.2, 0.25) is 0 Å². The maximum Gasteiger partial charge on any atom is 0.160 e. The summed E-state index contributed by atoms with van der Waals surface area (Å²) in [6.45, 7) is 10.8. The predicted octanol–water partition coefficient (Wildman–Crippen LogP) is 4.11. The van der Waals surface area contributed by atoms with Gasteiger partial charge in [-0.15, -0.1) is 0 Å². The lowest BCUT2D eigenvalue weighted by atomic mass is 9.79. The van der Waals surface area contributed by atoms with E-state index >= 15 is 0 Å². The maximum absolute atomic E-state index is 9.94. The molecule has 0 unspecified atom stereocenters. The largest absolute Gasteiger partial charge is 0.504 e. The number of pyridine rings is 1. The number of rotatable bonds is 6. The number of phenols is 1. The van der Waals surface area contributed by atoms with Gasteiger partial charge in [-0.25, -0.2) is 0 Å². The van der Waals surface area contributed by atoms with E-state index in [0.29, 0.717) is 11.8 Å².